The van der Waals surface area contributed by atoms with Crippen LogP contribution in [0, 0.1) is 6.92 Å². The molecule has 1 rings (SSSR count). The lowest BCUT2D eigenvalue weighted by molar-refractivity contribution is 0.673. The maximum Gasteiger partial charge on any atom is 0.188 e. The summed E-state index contributed by atoms with van der Waals surface area (Å²) >= 11 is 0. The molecule has 20 heavy (non-hydrogen) atoms. The van der Waals surface area contributed by atoms with E-state index in [1.54, 1.807) is 0 Å². The predicted octanol–water partition coefficient (Wildman–Crippen LogP) is 3.64. The van der Waals surface area contributed by atoms with Gasteiger partial charge in [-0.15, -0.1) is 24.0 Å². The highest BCUT2D eigenvalue weighted by molar-refractivity contribution is 14.0. The van der Waals surface area contributed by atoms with Gasteiger partial charge in [-0.25, -0.2) is 0 Å². The zero-order valence-corrected chi connectivity index (χ0v) is 15.0. The summed E-state index contributed by atoms with van der Waals surface area (Å²) in [4.78, 5) is 4.32. The van der Waals surface area contributed by atoms with E-state index in [1.807, 2.05) is 0 Å². The quantitative estimate of drug-likeness (QED) is 0.309. The molecular weight excluding hydrogens is 361 g/mol. The Balaban J connectivity index is 0.00000361. The summed E-state index contributed by atoms with van der Waals surface area (Å²) in [6.07, 6.45) is 5.90. The Labute approximate surface area is 140 Å². The second-order valence-electron chi connectivity index (χ2n) is 4.99. The van der Waals surface area contributed by atoms with Gasteiger partial charge in [0.25, 0.3) is 0 Å². The molecule has 0 saturated carbocycles. The molecule has 0 aliphatic rings. The first-order chi connectivity index (χ1) is 9.22. The highest BCUT2D eigenvalue weighted by Gasteiger charge is 1.94. The van der Waals surface area contributed by atoms with Crippen molar-refractivity contribution in [3.8, 4) is 0 Å². The zero-order chi connectivity index (χ0) is 13.9. The molecule has 0 radical (unpaired) electrons. The number of nitrogens with two attached hydrogens (primary N) is 1. The minimum Gasteiger partial charge on any atom is -0.370 e. The molecule has 0 saturated heterocycles. The van der Waals surface area contributed by atoms with Gasteiger partial charge in [-0.05, 0) is 25.3 Å². The average Bonchev–Trinajstić information content (AvgIpc) is 2.41. The van der Waals surface area contributed by atoms with Gasteiger partial charge >= 0.3 is 0 Å². The molecule has 3 N–H and O–H groups in total. The number of nitrogens with zero attached hydrogens (tertiary/aromatic N) is 1. The van der Waals surface area contributed by atoms with Gasteiger partial charge in [0.1, 0.15) is 0 Å². The number of halogens is 1. The largest absolute Gasteiger partial charge is 0.370 e. The first kappa shape index (κ1) is 19.2. The van der Waals surface area contributed by atoms with Gasteiger partial charge < -0.3 is 11.1 Å². The summed E-state index contributed by atoms with van der Waals surface area (Å²) in [6.45, 7) is 5.99. The van der Waals surface area contributed by atoms with Crippen LogP contribution in [0.25, 0.3) is 0 Å². The number of guanidine groups is 1. The Kier molecular flexibility index (Phi) is 11.5. The summed E-state index contributed by atoms with van der Waals surface area (Å²) in [5, 5.41) is 3.16. The maximum atomic E-state index is 5.82. The van der Waals surface area contributed by atoms with Crippen LogP contribution in [0.4, 0.5) is 0 Å². The minimum atomic E-state index is 0. The molecule has 0 amide bonds. The van der Waals surface area contributed by atoms with Crippen molar-refractivity contribution in [1.29, 1.82) is 0 Å². The molecule has 0 aliphatic carbocycles. The Morgan fingerprint density at radius 1 is 1.15 bits per heavy atom. The number of aliphatic imine (C=N–C) groups is 1. The molecule has 1 aromatic rings. The Morgan fingerprint density at radius 2 is 1.85 bits per heavy atom. The van der Waals surface area contributed by atoms with E-state index in [4.69, 9.17) is 5.73 Å². The monoisotopic (exact) mass is 389 g/mol. The molecule has 1 aromatic carbocycles. The summed E-state index contributed by atoms with van der Waals surface area (Å²) in [6, 6.07) is 8.60. The zero-order valence-electron chi connectivity index (χ0n) is 12.7. The standard InChI is InChI=1S/C16H27N3.HI/c1-3-4-5-6-12-18-16(17)19-13-11-15-9-7-14(2)8-10-15;/h7-10H,3-6,11-13H2,1-2H3,(H3,17,18,19);1H. The first-order valence-electron chi connectivity index (χ1n) is 7.31. The van der Waals surface area contributed by atoms with Gasteiger partial charge in [0, 0.05) is 13.1 Å². The van der Waals surface area contributed by atoms with E-state index >= 15 is 0 Å². The predicted molar refractivity (Wildman–Crippen MR) is 98.9 cm³/mol. The molecule has 0 spiro atoms. The molecule has 0 fully saturated rings. The van der Waals surface area contributed by atoms with E-state index in [9.17, 15) is 0 Å². The van der Waals surface area contributed by atoms with Crippen molar-refractivity contribution < 1.29 is 0 Å². The summed E-state index contributed by atoms with van der Waals surface area (Å²) in [5.74, 6) is 0.573. The lowest BCUT2D eigenvalue weighted by atomic mass is 10.1. The van der Waals surface area contributed by atoms with Gasteiger partial charge in [0.15, 0.2) is 5.96 Å². The molecule has 4 heteroatoms. The third-order valence-corrected chi connectivity index (χ3v) is 3.13. The number of rotatable bonds is 8. The van der Waals surface area contributed by atoms with Gasteiger partial charge in [-0.2, -0.15) is 0 Å². The van der Waals surface area contributed by atoms with Crippen molar-refractivity contribution in [1.82, 2.24) is 5.32 Å². The van der Waals surface area contributed by atoms with Crippen molar-refractivity contribution in [2.75, 3.05) is 13.1 Å². The lowest BCUT2D eigenvalue weighted by Crippen LogP contribution is -2.33. The third-order valence-electron chi connectivity index (χ3n) is 3.13. The SMILES string of the molecule is CCCCCCN=C(N)NCCc1ccc(C)cc1.I. The van der Waals surface area contributed by atoms with Gasteiger partial charge in [-0.1, -0.05) is 56.0 Å². The van der Waals surface area contributed by atoms with Crippen LogP contribution in [0.5, 0.6) is 0 Å². The molecule has 0 aliphatic heterocycles. The van der Waals surface area contributed by atoms with E-state index in [-0.39, 0.29) is 24.0 Å². The van der Waals surface area contributed by atoms with Crippen LogP contribution in [-0.4, -0.2) is 19.0 Å². The van der Waals surface area contributed by atoms with Crippen LogP contribution in [0.2, 0.25) is 0 Å². The summed E-state index contributed by atoms with van der Waals surface area (Å²) < 4.78 is 0. The second kappa shape index (κ2) is 12.0. The Bertz CT molecular complexity index is 374. The molecular formula is C16H28IN3. The molecule has 114 valence electrons. The van der Waals surface area contributed by atoms with E-state index in [1.165, 1.54) is 30.4 Å². The first-order valence-corrected chi connectivity index (χ1v) is 7.31. The molecule has 3 nitrogen and oxygen atoms in total. The highest BCUT2D eigenvalue weighted by Crippen LogP contribution is 2.03. The van der Waals surface area contributed by atoms with Crippen LogP contribution in [0.15, 0.2) is 29.3 Å². The number of unbranched alkanes of at least 4 members (excludes halogenated alkanes) is 3. The van der Waals surface area contributed by atoms with E-state index < -0.39 is 0 Å². The number of hydrogen-bond acceptors (Lipinski definition) is 1. The van der Waals surface area contributed by atoms with Crippen molar-refractivity contribution in [3.05, 3.63) is 35.4 Å². The third kappa shape index (κ3) is 9.18. The minimum absolute atomic E-state index is 0. The van der Waals surface area contributed by atoms with Crippen molar-refractivity contribution in [2.45, 2.75) is 46.0 Å². The fourth-order valence-electron chi connectivity index (χ4n) is 1.88. The summed E-state index contributed by atoms with van der Waals surface area (Å²) in [7, 11) is 0. The van der Waals surface area contributed by atoms with Crippen molar-refractivity contribution >= 4 is 29.9 Å². The number of nitrogens with one attached hydrogen (secondary N) is 1. The van der Waals surface area contributed by atoms with Crippen molar-refractivity contribution in [3.63, 3.8) is 0 Å². The topological polar surface area (TPSA) is 50.4 Å². The van der Waals surface area contributed by atoms with Crippen molar-refractivity contribution in [2.24, 2.45) is 10.7 Å². The lowest BCUT2D eigenvalue weighted by Gasteiger charge is -2.06. The number of aryl methyl sites for hydroxylation is 1. The smallest absolute Gasteiger partial charge is 0.188 e. The number of benzene rings is 1. The van der Waals surface area contributed by atoms with Crippen LogP contribution in [0.3, 0.4) is 0 Å². The van der Waals surface area contributed by atoms with E-state index in [0.29, 0.717) is 5.96 Å². The fraction of sp³-hybridized carbons (Fsp3) is 0.562. The number of hydrogen-bond donors (Lipinski definition) is 2. The van der Waals surface area contributed by atoms with Crippen LogP contribution >= 0.6 is 24.0 Å². The average molecular weight is 389 g/mol. The van der Waals surface area contributed by atoms with Gasteiger partial charge in [0.2, 0.25) is 0 Å². The Hall–Kier alpha value is -0.780. The van der Waals surface area contributed by atoms with Gasteiger partial charge in [0.05, 0.1) is 0 Å². The molecule has 0 bridgehead atoms. The fourth-order valence-corrected chi connectivity index (χ4v) is 1.88. The highest BCUT2D eigenvalue weighted by atomic mass is 127. The van der Waals surface area contributed by atoms with E-state index in [2.05, 4.69) is 48.4 Å². The molecule has 0 heterocycles. The van der Waals surface area contributed by atoms with Crippen LogP contribution < -0.4 is 11.1 Å². The molecule has 0 aromatic heterocycles. The maximum absolute atomic E-state index is 5.82. The normalized spacial score (nSPS) is 11.0. The van der Waals surface area contributed by atoms with Gasteiger partial charge in [-0.3, -0.25) is 4.99 Å². The molecule has 0 unspecified atom stereocenters. The second-order valence-corrected chi connectivity index (χ2v) is 4.99. The van der Waals surface area contributed by atoms with E-state index in [0.717, 1.165) is 25.9 Å². The Morgan fingerprint density at radius 3 is 2.50 bits per heavy atom. The molecule has 0 atom stereocenters. The van der Waals surface area contributed by atoms with Crippen LogP contribution in [0.1, 0.15) is 43.7 Å². The summed E-state index contributed by atoms with van der Waals surface area (Å²) in [5.41, 5.74) is 8.44. The van der Waals surface area contributed by atoms with Crippen LogP contribution in [-0.2, 0) is 6.42 Å².